The summed E-state index contributed by atoms with van der Waals surface area (Å²) in [4.78, 5) is 15.5. The highest BCUT2D eigenvalue weighted by molar-refractivity contribution is 6.33. The zero-order valence-corrected chi connectivity index (χ0v) is 12.9. The first-order chi connectivity index (χ1) is 11.2. The normalized spacial score (nSPS) is 24.7. The number of nitrogens with one attached hydrogen (secondary N) is 1. The van der Waals surface area contributed by atoms with E-state index in [1.165, 1.54) is 6.07 Å². The number of pyridine rings is 1. The molecule has 6 heteroatoms. The quantitative estimate of drug-likeness (QED) is 0.502. The van der Waals surface area contributed by atoms with E-state index in [1.807, 2.05) is 18.2 Å². The Bertz CT molecular complexity index is 807. The molecule has 2 aliphatic rings. The molecular formula is C17H14ClN3O2. The number of nitro benzene ring substituents is 1. The van der Waals surface area contributed by atoms with Gasteiger partial charge in [-0.05, 0) is 30.5 Å². The Hall–Kier alpha value is -2.40. The molecule has 0 unspecified atom stereocenters. The molecule has 5 nitrogen and oxygen atoms in total. The number of nitrogens with zero attached hydrogens (tertiary/aromatic N) is 2. The van der Waals surface area contributed by atoms with Gasteiger partial charge in [0.15, 0.2) is 0 Å². The lowest BCUT2D eigenvalue weighted by Crippen LogP contribution is -2.30. The molecule has 1 aliphatic heterocycles. The van der Waals surface area contributed by atoms with E-state index in [2.05, 4.69) is 22.5 Å². The number of halogens is 1. The molecule has 0 radical (unpaired) electrons. The van der Waals surface area contributed by atoms with Gasteiger partial charge >= 0.3 is 0 Å². The Morgan fingerprint density at radius 1 is 1.30 bits per heavy atom. The van der Waals surface area contributed by atoms with Crippen molar-refractivity contribution in [3.63, 3.8) is 0 Å². The molecule has 1 N–H and O–H groups in total. The molecule has 1 aromatic heterocycles. The fraction of sp³-hybridized carbons (Fsp3) is 0.235. The maximum Gasteiger partial charge on any atom is 0.275 e. The van der Waals surface area contributed by atoms with Gasteiger partial charge < -0.3 is 5.32 Å². The van der Waals surface area contributed by atoms with E-state index >= 15 is 0 Å². The maximum atomic E-state index is 11.4. The van der Waals surface area contributed by atoms with Crippen LogP contribution in [0.3, 0.4) is 0 Å². The van der Waals surface area contributed by atoms with Crippen LogP contribution in [0, 0.1) is 16.0 Å². The molecular weight excluding hydrogens is 314 g/mol. The van der Waals surface area contributed by atoms with Crippen molar-refractivity contribution in [3.8, 4) is 0 Å². The summed E-state index contributed by atoms with van der Waals surface area (Å²) in [5, 5.41) is 15.3. The molecule has 1 aliphatic carbocycles. The van der Waals surface area contributed by atoms with Gasteiger partial charge in [0.1, 0.15) is 0 Å². The first-order valence-electron chi connectivity index (χ1n) is 7.47. The van der Waals surface area contributed by atoms with Gasteiger partial charge in [-0.3, -0.25) is 15.1 Å². The van der Waals surface area contributed by atoms with E-state index in [9.17, 15) is 10.1 Å². The topological polar surface area (TPSA) is 68.1 Å². The minimum atomic E-state index is -0.332. The monoisotopic (exact) mass is 327 g/mol. The van der Waals surface area contributed by atoms with E-state index in [4.69, 9.17) is 11.6 Å². The lowest BCUT2D eigenvalue weighted by Gasteiger charge is -2.36. The third kappa shape index (κ3) is 2.19. The predicted molar refractivity (Wildman–Crippen MR) is 88.7 cm³/mol. The number of fused-ring (bicyclic) bond motifs is 3. The Labute approximate surface area is 138 Å². The lowest BCUT2D eigenvalue weighted by molar-refractivity contribution is -0.385. The van der Waals surface area contributed by atoms with E-state index < -0.39 is 0 Å². The van der Waals surface area contributed by atoms with Gasteiger partial charge in [-0.2, -0.15) is 0 Å². The van der Waals surface area contributed by atoms with Crippen molar-refractivity contribution in [1.82, 2.24) is 4.98 Å². The molecule has 2 aromatic rings. The van der Waals surface area contributed by atoms with Crippen LogP contribution in [0.5, 0.6) is 0 Å². The number of benzene rings is 1. The van der Waals surface area contributed by atoms with Gasteiger partial charge in [0, 0.05) is 18.2 Å². The number of hydrogen-bond acceptors (Lipinski definition) is 4. The summed E-state index contributed by atoms with van der Waals surface area (Å²) in [6, 6.07) is 8.87. The van der Waals surface area contributed by atoms with Crippen LogP contribution < -0.4 is 5.32 Å². The average Bonchev–Trinajstić information content (AvgIpc) is 3.05. The SMILES string of the molecule is O=[N+]([O-])c1ccc(Cl)c2c1[C@H]1C=CC[C@H]1[C@H](c1ccccn1)N2. The third-order valence-electron chi connectivity index (χ3n) is 4.65. The highest BCUT2D eigenvalue weighted by Crippen LogP contribution is 2.53. The molecule has 0 bridgehead atoms. The highest BCUT2D eigenvalue weighted by Gasteiger charge is 2.42. The lowest BCUT2D eigenvalue weighted by atomic mass is 9.77. The molecule has 1 aromatic carbocycles. The predicted octanol–water partition coefficient (Wildman–Crippen LogP) is 4.47. The van der Waals surface area contributed by atoms with Crippen molar-refractivity contribution in [2.24, 2.45) is 5.92 Å². The van der Waals surface area contributed by atoms with Gasteiger partial charge in [0.2, 0.25) is 0 Å². The molecule has 4 rings (SSSR count). The van der Waals surface area contributed by atoms with E-state index in [0.29, 0.717) is 16.3 Å². The van der Waals surface area contributed by atoms with Crippen LogP contribution in [0.15, 0.2) is 48.7 Å². The van der Waals surface area contributed by atoms with E-state index in [1.54, 1.807) is 12.3 Å². The molecule has 0 saturated heterocycles. The summed E-state index contributed by atoms with van der Waals surface area (Å²) in [5.74, 6) is 0.187. The fourth-order valence-electron chi connectivity index (χ4n) is 3.67. The maximum absolute atomic E-state index is 11.4. The number of aromatic nitrogens is 1. The van der Waals surface area contributed by atoms with Crippen molar-refractivity contribution in [3.05, 3.63) is 75.1 Å². The molecule has 0 saturated carbocycles. The molecule has 0 amide bonds. The third-order valence-corrected chi connectivity index (χ3v) is 4.96. The van der Waals surface area contributed by atoms with Gasteiger partial charge in [-0.1, -0.05) is 29.8 Å². The Balaban J connectivity index is 1.89. The van der Waals surface area contributed by atoms with Crippen LogP contribution in [-0.2, 0) is 0 Å². The molecule has 0 fully saturated rings. The highest BCUT2D eigenvalue weighted by atomic mass is 35.5. The smallest absolute Gasteiger partial charge is 0.275 e. The summed E-state index contributed by atoms with van der Waals surface area (Å²) in [6.07, 6.45) is 6.78. The van der Waals surface area contributed by atoms with Gasteiger partial charge in [-0.15, -0.1) is 0 Å². The Morgan fingerprint density at radius 2 is 2.17 bits per heavy atom. The van der Waals surface area contributed by atoms with E-state index in [-0.39, 0.29) is 28.5 Å². The Morgan fingerprint density at radius 3 is 2.91 bits per heavy atom. The standard InChI is InChI=1S/C17H14ClN3O2/c18-12-7-8-14(21(22)23)15-10-4-3-5-11(10)16(20-17(12)15)13-6-1-2-9-19-13/h1-4,6-11,16,20H,5H2/t10-,11+,16+/m0/s1. The molecule has 23 heavy (non-hydrogen) atoms. The summed E-state index contributed by atoms with van der Waals surface area (Å²) >= 11 is 6.33. The zero-order chi connectivity index (χ0) is 16.0. The number of rotatable bonds is 2. The minimum Gasteiger partial charge on any atom is -0.375 e. The number of anilines is 1. The molecule has 0 spiro atoms. The first kappa shape index (κ1) is 14.2. The summed E-state index contributed by atoms with van der Waals surface area (Å²) in [6.45, 7) is 0. The molecule has 116 valence electrons. The van der Waals surface area contributed by atoms with Gasteiger partial charge in [0.25, 0.3) is 5.69 Å². The van der Waals surface area contributed by atoms with Crippen molar-refractivity contribution >= 4 is 23.0 Å². The fourth-order valence-corrected chi connectivity index (χ4v) is 3.89. The van der Waals surface area contributed by atoms with Crippen molar-refractivity contribution < 1.29 is 4.92 Å². The minimum absolute atomic E-state index is 0.0109. The second-order valence-electron chi connectivity index (χ2n) is 5.84. The van der Waals surface area contributed by atoms with Crippen LogP contribution in [0.25, 0.3) is 0 Å². The van der Waals surface area contributed by atoms with Crippen LogP contribution in [0.4, 0.5) is 11.4 Å². The van der Waals surface area contributed by atoms with Crippen molar-refractivity contribution in [2.45, 2.75) is 18.4 Å². The largest absolute Gasteiger partial charge is 0.375 e. The summed E-state index contributed by atoms with van der Waals surface area (Å²) < 4.78 is 0. The summed E-state index contributed by atoms with van der Waals surface area (Å²) in [5.41, 5.74) is 2.40. The molecule has 3 atom stereocenters. The number of nitro groups is 1. The van der Waals surface area contributed by atoms with Crippen molar-refractivity contribution in [1.29, 1.82) is 0 Å². The zero-order valence-electron chi connectivity index (χ0n) is 12.1. The second-order valence-corrected chi connectivity index (χ2v) is 6.25. The van der Waals surface area contributed by atoms with Gasteiger partial charge in [-0.25, -0.2) is 0 Å². The number of hydrogen-bond donors (Lipinski definition) is 1. The number of allylic oxidation sites excluding steroid dienone is 2. The van der Waals surface area contributed by atoms with Crippen LogP contribution in [0.1, 0.15) is 29.6 Å². The first-order valence-corrected chi connectivity index (χ1v) is 7.85. The van der Waals surface area contributed by atoms with Crippen LogP contribution in [0.2, 0.25) is 5.02 Å². The van der Waals surface area contributed by atoms with Crippen molar-refractivity contribution in [2.75, 3.05) is 5.32 Å². The van der Waals surface area contributed by atoms with Crippen LogP contribution in [-0.4, -0.2) is 9.91 Å². The average molecular weight is 328 g/mol. The second kappa shape index (κ2) is 5.35. The van der Waals surface area contributed by atoms with Gasteiger partial charge in [0.05, 0.1) is 32.9 Å². The molecule has 2 heterocycles. The summed E-state index contributed by atoms with van der Waals surface area (Å²) in [7, 11) is 0. The van der Waals surface area contributed by atoms with E-state index in [0.717, 1.165) is 12.1 Å². The van der Waals surface area contributed by atoms with Crippen LogP contribution >= 0.6 is 11.6 Å². The Kier molecular flexibility index (Phi) is 3.31.